The van der Waals surface area contributed by atoms with E-state index < -0.39 is 5.60 Å². The molecule has 2 rings (SSSR count). The number of hydrogen-bond donors (Lipinski definition) is 2. The molecule has 5 nitrogen and oxygen atoms in total. The summed E-state index contributed by atoms with van der Waals surface area (Å²) in [5, 5.41) is 17.4. The Kier molecular flexibility index (Phi) is 5.44. The van der Waals surface area contributed by atoms with E-state index in [1.807, 2.05) is 18.2 Å². The van der Waals surface area contributed by atoms with Crippen molar-refractivity contribution in [3.05, 3.63) is 53.9 Å². The number of carbonyl (C=O) groups excluding carboxylic acids is 1. The number of aryl methyl sites for hydroxylation is 1. The van der Waals surface area contributed by atoms with Gasteiger partial charge in [0.2, 0.25) is 5.91 Å². The minimum atomic E-state index is -1.13. The summed E-state index contributed by atoms with van der Waals surface area (Å²) in [5.74, 6) is -0.0526. The smallest absolute Gasteiger partial charge is 0.220 e. The minimum absolute atomic E-state index is 0.0526. The monoisotopic (exact) mass is 329 g/mol. The van der Waals surface area contributed by atoms with Crippen molar-refractivity contribution in [3.63, 3.8) is 0 Å². The molecule has 2 N–H and O–H groups in total. The summed E-state index contributed by atoms with van der Waals surface area (Å²) in [6.07, 6.45) is 4.54. The fraction of sp³-hybridized carbons (Fsp3) is 0.474. The number of aromatic nitrogens is 2. The molecule has 5 heteroatoms. The Balaban J connectivity index is 1.85. The first kappa shape index (κ1) is 18.2. The van der Waals surface area contributed by atoms with E-state index in [1.54, 1.807) is 31.0 Å². The highest BCUT2D eigenvalue weighted by Crippen LogP contribution is 2.28. The molecular weight excluding hydrogens is 302 g/mol. The molecule has 0 saturated carbocycles. The molecule has 0 fully saturated rings. The van der Waals surface area contributed by atoms with E-state index >= 15 is 0 Å². The van der Waals surface area contributed by atoms with E-state index in [-0.39, 0.29) is 17.9 Å². The average molecular weight is 329 g/mol. The maximum Gasteiger partial charge on any atom is 0.220 e. The largest absolute Gasteiger partial charge is 0.383 e. The number of aliphatic hydroxyl groups is 1. The van der Waals surface area contributed by atoms with Gasteiger partial charge in [0, 0.05) is 25.2 Å². The number of hydrogen-bond acceptors (Lipinski definition) is 3. The number of carbonyl (C=O) groups is 1. The van der Waals surface area contributed by atoms with E-state index in [9.17, 15) is 9.90 Å². The number of nitrogens with zero attached hydrogens (tertiary/aromatic N) is 2. The second kappa shape index (κ2) is 7.18. The molecule has 1 atom stereocenters. The van der Waals surface area contributed by atoms with Gasteiger partial charge in [-0.1, -0.05) is 44.2 Å². The first-order valence-corrected chi connectivity index (χ1v) is 8.24. The van der Waals surface area contributed by atoms with Gasteiger partial charge in [-0.3, -0.25) is 9.48 Å². The van der Waals surface area contributed by atoms with Crippen molar-refractivity contribution in [1.29, 1.82) is 0 Å². The topological polar surface area (TPSA) is 67.2 Å². The molecule has 1 aromatic carbocycles. The van der Waals surface area contributed by atoms with Gasteiger partial charge in [-0.05, 0) is 24.3 Å². The SMILES string of the molecule is Cn1cc(C(C)(O)CNC(=O)CCC(C)(C)c2ccccc2)cn1. The van der Waals surface area contributed by atoms with Crippen LogP contribution in [0, 0.1) is 0 Å². The van der Waals surface area contributed by atoms with E-state index in [1.165, 1.54) is 5.56 Å². The molecule has 1 unspecified atom stereocenters. The summed E-state index contributed by atoms with van der Waals surface area (Å²) < 4.78 is 1.63. The maximum atomic E-state index is 12.2. The number of benzene rings is 1. The zero-order chi connectivity index (χ0) is 17.8. The third-order valence-corrected chi connectivity index (χ3v) is 4.49. The molecule has 0 spiro atoms. The highest BCUT2D eigenvalue weighted by molar-refractivity contribution is 5.76. The molecule has 0 bridgehead atoms. The Morgan fingerprint density at radius 2 is 1.88 bits per heavy atom. The second-order valence-corrected chi connectivity index (χ2v) is 7.20. The molecular formula is C19H27N3O2. The molecule has 130 valence electrons. The standard InChI is InChI=1S/C19H27N3O2/c1-18(2,15-8-6-5-7-9-15)11-10-17(23)20-14-19(3,24)16-12-21-22(4)13-16/h5-9,12-13,24H,10-11,14H2,1-4H3,(H,20,23). The summed E-state index contributed by atoms with van der Waals surface area (Å²) in [6.45, 7) is 6.13. The summed E-state index contributed by atoms with van der Waals surface area (Å²) >= 11 is 0. The predicted octanol–water partition coefficient (Wildman–Crippen LogP) is 2.50. The van der Waals surface area contributed by atoms with E-state index in [4.69, 9.17) is 0 Å². The molecule has 0 aliphatic rings. The Labute approximate surface area is 143 Å². The van der Waals surface area contributed by atoms with Crippen LogP contribution in [-0.2, 0) is 22.9 Å². The summed E-state index contributed by atoms with van der Waals surface area (Å²) in [5.41, 5.74) is 0.721. The molecule has 0 radical (unpaired) electrons. The van der Waals surface area contributed by atoms with Gasteiger partial charge in [-0.2, -0.15) is 5.10 Å². The van der Waals surface area contributed by atoms with E-state index in [2.05, 4.69) is 36.4 Å². The zero-order valence-corrected chi connectivity index (χ0v) is 14.9. The summed E-state index contributed by atoms with van der Waals surface area (Å²) in [4.78, 5) is 12.2. The van der Waals surface area contributed by atoms with Crippen LogP contribution in [0.4, 0.5) is 0 Å². The van der Waals surface area contributed by atoms with Gasteiger partial charge in [0.25, 0.3) is 0 Å². The molecule has 1 heterocycles. The van der Waals surface area contributed by atoms with Crippen molar-refractivity contribution in [3.8, 4) is 0 Å². The maximum absolute atomic E-state index is 12.2. The third-order valence-electron chi connectivity index (χ3n) is 4.49. The highest BCUT2D eigenvalue weighted by atomic mass is 16.3. The Bertz CT molecular complexity index is 675. The second-order valence-electron chi connectivity index (χ2n) is 7.20. The van der Waals surface area contributed by atoms with Gasteiger partial charge in [0.15, 0.2) is 0 Å². The predicted molar refractivity (Wildman–Crippen MR) is 94.5 cm³/mol. The lowest BCUT2D eigenvalue weighted by Gasteiger charge is -2.26. The first-order valence-electron chi connectivity index (χ1n) is 8.24. The van der Waals surface area contributed by atoms with Crippen molar-refractivity contribution < 1.29 is 9.90 Å². The summed E-state index contributed by atoms with van der Waals surface area (Å²) in [6, 6.07) is 10.2. The first-order chi connectivity index (χ1) is 11.2. The highest BCUT2D eigenvalue weighted by Gasteiger charge is 2.26. The Morgan fingerprint density at radius 3 is 2.46 bits per heavy atom. The van der Waals surface area contributed by atoms with Gasteiger partial charge in [-0.25, -0.2) is 0 Å². The average Bonchev–Trinajstić information content (AvgIpc) is 2.99. The lowest BCUT2D eigenvalue weighted by molar-refractivity contribution is -0.122. The van der Waals surface area contributed by atoms with Crippen LogP contribution in [0.3, 0.4) is 0 Å². The lowest BCUT2D eigenvalue weighted by atomic mass is 9.80. The molecule has 24 heavy (non-hydrogen) atoms. The molecule has 0 aliphatic carbocycles. The van der Waals surface area contributed by atoms with Gasteiger partial charge in [-0.15, -0.1) is 0 Å². The zero-order valence-electron chi connectivity index (χ0n) is 14.9. The number of amides is 1. The van der Waals surface area contributed by atoms with Crippen molar-refractivity contribution >= 4 is 5.91 Å². The van der Waals surface area contributed by atoms with Crippen LogP contribution in [0.2, 0.25) is 0 Å². The van der Waals surface area contributed by atoms with Gasteiger partial charge >= 0.3 is 0 Å². The van der Waals surface area contributed by atoms with E-state index in [0.29, 0.717) is 12.0 Å². The molecule has 1 aromatic heterocycles. The van der Waals surface area contributed by atoms with Gasteiger partial charge in [0.05, 0.1) is 12.7 Å². The fourth-order valence-electron chi connectivity index (χ4n) is 2.62. The number of nitrogens with one attached hydrogen (secondary N) is 1. The van der Waals surface area contributed by atoms with Crippen LogP contribution in [0.15, 0.2) is 42.7 Å². The normalized spacial score (nSPS) is 14.2. The van der Waals surface area contributed by atoms with Crippen LogP contribution < -0.4 is 5.32 Å². The quantitative estimate of drug-likeness (QED) is 0.820. The number of rotatable bonds is 7. The Hall–Kier alpha value is -2.14. The third kappa shape index (κ3) is 4.68. The van der Waals surface area contributed by atoms with Gasteiger partial charge < -0.3 is 10.4 Å². The van der Waals surface area contributed by atoms with E-state index in [0.717, 1.165) is 6.42 Å². The van der Waals surface area contributed by atoms with Crippen LogP contribution in [0.25, 0.3) is 0 Å². The molecule has 2 aromatic rings. The fourth-order valence-corrected chi connectivity index (χ4v) is 2.62. The van der Waals surface area contributed by atoms with Crippen LogP contribution in [0.1, 0.15) is 44.7 Å². The van der Waals surface area contributed by atoms with Gasteiger partial charge in [0.1, 0.15) is 5.60 Å². The van der Waals surface area contributed by atoms with Crippen LogP contribution in [-0.4, -0.2) is 27.3 Å². The van der Waals surface area contributed by atoms with Crippen molar-refractivity contribution in [2.24, 2.45) is 7.05 Å². The summed E-state index contributed by atoms with van der Waals surface area (Å²) in [7, 11) is 1.80. The van der Waals surface area contributed by atoms with Crippen LogP contribution >= 0.6 is 0 Å². The molecule has 0 saturated heterocycles. The van der Waals surface area contributed by atoms with Crippen molar-refractivity contribution in [1.82, 2.24) is 15.1 Å². The molecule has 1 amide bonds. The lowest BCUT2D eigenvalue weighted by Crippen LogP contribution is -2.38. The van der Waals surface area contributed by atoms with Crippen molar-refractivity contribution in [2.75, 3.05) is 6.54 Å². The Morgan fingerprint density at radius 1 is 1.21 bits per heavy atom. The minimum Gasteiger partial charge on any atom is -0.383 e. The molecule has 0 aliphatic heterocycles. The van der Waals surface area contributed by atoms with Crippen molar-refractivity contribution in [2.45, 2.75) is 44.6 Å². The van der Waals surface area contributed by atoms with Crippen LogP contribution in [0.5, 0.6) is 0 Å².